The number of aryl methyl sites for hydroxylation is 1. The number of primary sulfonamides is 1. The summed E-state index contributed by atoms with van der Waals surface area (Å²) in [5.41, 5.74) is -0.209. The molecule has 1 heterocycles. The predicted molar refractivity (Wildman–Crippen MR) is 155 cm³/mol. The topological polar surface area (TPSA) is 125 Å². The molecular weight excluding hydrogens is 569 g/mol. The Morgan fingerprint density at radius 1 is 1.05 bits per heavy atom. The summed E-state index contributed by atoms with van der Waals surface area (Å²) in [6, 6.07) is 9.19. The first-order valence-electron chi connectivity index (χ1n) is 13.5. The van der Waals surface area contributed by atoms with E-state index in [1.165, 1.54) is 18.2 Å². The molecule has 0 spiro atoms. The smallest absolute Gasteiger partial charge is 0.444 e. The van der Waals surface area contributed by atoms with Gasteiger partial charge >= 0.3 is 13.2 Å². The summed E-state index contributed by atoms with van der Waals surface area (Å²) in [6.07, 6.45) is -3.82. The largest absolute Gasteiger partial charge is 0.495 e. The Morgan fingerprint density at radius 3 is 2.14 bits per heavy atom. The summed E-state index contributed by atoms with van der Waals surface area (Å²) in [4.78, 5) is 27.1. The summed E-state index contributed by atoms with van der Waals surface area (Å²) >= 11 is 0. The maximum absolute atomic E-state index is 13.6. The van der Waals surface area contributed by atoms with Gasteiger partial charge < -0.3 is 14.0 Å². The molecule has 0 bridgehead atoms. The zero-order valence-corrected chi connectivity index (χ0v) is 26.1. The highest BCUT2D eigenvalue weighted by Gasteiger charge is 2.52. The standard InChI is InChI=1S/C29H39BF2N2O7S/c1-18-13-19(9-12-24(18)42(33,37)38)14-23(35)20-10-11-22(30-40-28(5,6)29(7,8)41-30)21(15-20)16-34(17-25(31)32)26(36)39-27(2,3)4/h9-13,15,25H,14,16-17H2,1-8H3,(H2,33,37,38). The summed E-state index contributed by atoms with van der Waals surface area (Å²) in [6.45, 7) is 12.8. The average Bonchev–Trinajstić information content (AvgIpc) is 3.02. The third kappa shape index (κ3) is 8.15. The molecule has 0 unspecified atom stereocenters. The van der Waals surface area contributed by atoms with Gasteiger partial charge in [-0.2, -0.15) is 0 Å². The van der Waals surface area contributed by atoms with Gasteiger partial charge in [0.1, 0.15) is 5.60 Å². The number of hydrogen-bond donors (Lipinski definition) is 1. The van der Waals surface area contributed by atoms with Crippen molar-refractivity contribution in [1.82, 2.24) is 4.90 Å². The van der Waals surface area contributed by atoms with Gasteiger partial charge in [0.25, 0.3) is 6.43 Å². The van der Waals surface area contributed by atoms with Gasteiger partial charge in [-0.15, -0.1) is 0 Å². The van der Waals surface area contributed by atoms with E-state index in [0.29, 0.717) is 22.2 Å². The Morgan fingerprint density at radius 2 is 1.64 bits per heavy atom. The molecule has 2 N–H and O–H groups in total. The van der Waals surface area contributed by atoms with Crippen LogP contribution < -0.4 is 10.6 Å². The summed E-state index contributed by atoms with van der Waals surface area (Å²) in [5, 5.41) is 5.24. The molecule has 0 saturated carbocycles. The summed E-state index contributed by atoms with van der Waals surface area (Å²) in [7, 11) is -4.79. The van der Waals surface area contributed by atoms with Gasteiger partial charge in [0, 0.05) is 18.5 Å². The molecule has 230 valence electrons. The van der Waals surface area contributed by atoms with Crippen LogP contribution in [-0.4, -0.2) is 62.1 Å². The molecule has 0 aliphatic carbocycles. The van der Waals surface area contributed by atoms with Crippen LogP contribution >= 0.6 is 0 Å². The van der Waals surface area contributed by atoms with E-state index in [9.17, 15) is 26.8 Å². The first-order valence-corrected chi connectivity index (χ1v) is 15.0. The number of sulfonamides is 1. The molecule has 3 rings (SSSR count). The maximum Gasteiger partial charge on any atom is 0.495 e. The van der Waals surface area contributed by atoms with Gasteiger partial charge in [-0.05, 0) is 89.7 Å². The van der Waals surface area contributed by atoms with Crippen LogP contribution in [0.3, 0.4) is 0 Å². The van der Waals surface area contributed by atoms with Crippen LogP contribution in [0.5, 0.6) is 0 Å². The number of rotatable bonds is 9. The Kier molecular flexibility index (Phi) is 9.63. The molecule has 0 radical (unpaired) electrons. The lowest BCUT2D eigenvalue weighted by Gasteiger charge is -2.32. The van der Waals surface area contributed by atoms with Crippen molar-refractivity contribution in [3.05, 3.63) is 58.7 Å². The van der Waals surface area contributed by atoms with Crippen molar-refractivity contribution in [3.8, 4) is 0 Å². The molecule has 9 nitrogen and oxygen atoms in total. The molecule has 1 aliphatic heterocycles. The quantitative estimate of drug-likeness (QED) is 0.331. The number of Topliss-reactive ketones (excluding diaryl/α,β-unsaturated/α-hetero) is 1. The van der Waals surface area contributed by atoms with E-state index in [-0.39, 0.29) is 29.2 Å². The Hall–Kier alpha value is -2.87. The fourth-order valence-electron chi connectivity index (χ4n) is 4.45. The van der Waals surface area contributed by atoms with Crippen LogP contribution in [0.2, 0.25) is 0 Å². The fourth-order valence-corrected chi connectivity index (χ4v) is 5.21. The average molecular weight is 609 g/mol. The van der Waals surface area contributed by atoms with E-state index in [2.05, 4.69) is 0 Å². The highest BCUT2D eigenvalue weighted by Crippen LogP contribution is 2.37. The highest BCUT2D eigenvalue weighted by atomic mass is 32.2. The van der Waals surface area contributed by atoms with Crippen molar-refractivity contribution in [1.29, 1.82) is 0 Å². The number of ether oxygens (including phenoxy) is 1. The third-order valence-electron chi connectivity index (χ3n) is 7.25. The van der Waals surface area contributed by atoms with Crippen LogP contribution in [0.1, 0.15) is 75.5 Å². The van der Waals surface area contributed by atoms with Crippen molar-refractivity contribution >= 4 is 34.5 Å². The number of nitrogens with two attached hydrogens (primary N) is 1. The van der Waals surface area contributed by atoms with Gasteiger partial charge in [0.2, 0.25) is 10.0 Å². The number of carbonyl (C=O) groups excluding carboxylic acids is 2. The molecule has 13 heteroatoms. The molecule has 2 aromatic rings. The fraction of sp³-hybridized carbons (Fsp3) is 0.517. The van der Waals surface area contributed by atoms with Crippen molar-refractivity contribution in [2.24, 2.45) is 5.14 Å². The lowest BCUT2D eigenvalue weighted by Crippen LogP contribution is -2.43. The number of nitrogens with zero attached hydrogens (tertiary/aromatic N) is 1. The van der Waals surface area contributed by atoms with Crippen LogP contribution in [-0.2, 0) is 37.0 Å². The second-order valence-electron chi connectivity index (χ2n) is 12.5. The van der Waals surface area contributed by atoms with Crippen molar-refractivity contribution in [3.63, 3.8) is 0 Å². The number of benzene rings is 2. The van der Waals surface area contributed by atoms with Crippen molar-refractivity contribution < 1.29 is 40.8 Å². The molecule has 1 fully saturated rings. The summed E-state index contributed by atoms with van der Waals surface area (Å²) < 4.78 is 68.4. The van der Waals surface area contributed by atoms with Gasteiger partial charge in [-0.25, -0.2) is 27.1 Å². The van der Waals surface area contributed by atoms with Crippen LogP contribution in [0, 0.1) is 6.92 Å². The molecular formula is C29H39BF2N2O7S. The van der Waals surface area contributed by atoms with Crippen molar-refractivity contribution in [2.75, 3.05) is 6.54 Å². The first kappa shape index (κ1) is 33.6. The molecule has 2 aromatic carbocycles. The molecule has 0 atom stereocenters. The number of hydrogen-bond acceptors (Lipinski definition) is 7. The molecule has 42 heavy (non-hydrogen) atoms. The van der Waals surface area contributed by atoms with Gasteiger partial charge in [-0.3, -0.25) is 9.69 Å². The minimum atomic E-state index is -3.91. The minimum absolute atomic E-state index is 0.0333. The molecule has 1 amide bonds. The van der Waals surface area contributed by atoms with Crippen molar-refractivity contribution in [2.45, 2.75) is 96.5 Å². The lowest BCUT2D eigenvalue weighted by atomic mass is 9.75. The van der Waals surface area contributed by atoms with E-state index in [0.717, 1.165) is 4.90 Å². The van der Waals surface area contributed by atoms with E-state index in [1.807, 2.05) is 27.7 Å². The zero-order valence-electron chi connectivity index (χ0n) is 25.3. The van der Waals surface area contributed by atoms with E-state index in [1.54, 1.807) is 45.9 Å². The zero-order chi connectivity index (χ0) is 31.8. The number of alkyl halides is 2. The predicted octanol–water partition coefficient (Wildman–Crippen LogP) is 4.37. The maximum atomic E-state index is 13.6. The second kappa shape index (κ2) is 12.0. The SMILES string of the molecule is Cc1cc(CC(=O)c2ccc(B3OC(C)(C)C(C)(C)O3)c(CN(CC(F)F)C(=O)OC(C)(C)C)c2)ccc1S(N)(=O)=O. The lowest BCUT2D eigenvalue weighted by molar-refractivity contribution is 0.00578. The van der Waals surface area contributed by atoms with Crippen LogP contribution in [0.25, 0.3) is 0 Å². The summed E-state index contributed by atoms with van der Waals surface area (Å²) in [5.74, 6) is -0.308. The van der Waals surface area contributed by atoms with E-state index >= 15 is 0 Å². The number of halogens is 2. The van der Waals surface area contributed by atoms with Crippen LogP contribution in [0.15, 0.2) is 41.3 Å². The highest BCUT2D eigenvalue weighted by molar-refractivity contribution is 7.89. The molecule has 1 aliphatic rings. The second-order valence-corrected chi connectivity index (χ2v) is 14.0. The van der Waals surface area contributed by atoms with Gasteiger partial charge in [0.15, 0.2) is 5.78 Å². The Labute approximate surface area is 246 Å². The Balaban J connectivity index is 2.01. The van der Waals surface area contributed by atoms with Crippen LogP contribution in [0.4, 0.5) is 13.6 Å². The van der Waals surface area contributed by atoms with E-state index < -0.39 is 53.0 Å². The first-order chi connectivity index (χ1) is 19.1. The number of carbonyl (C=O) groups is 2. The normalized spacial score (nSPS) is 16.5. The molecule has 1 saturated heterocycles. The number of amides is 1. The van der Waals surface area contributed by atoms with Gasteiger partial charge in [-0.1, -0.05) is 24.3 Å². The number of ketones is 1. The minimum Gasteiger partial charge on any atom is -0.444 e. The molecule has 0 aromatic heterocycles. The monoisotopic (exact) mass is 608 g/mol. The van der Waals surface area contributed by atoms with E-state index in [4.69, 9.17) is 19.2 Å². The Bertz CT molecular complexity index is 1440. The third-order valence-corrected chi connectivity index (χ3v) is 8.33. The van der Waals surface area contributed by atoms with Gasteiger partial charge in [0.05, 0.1) is 22.6 Å².